The molecule has 1 fully saturated rings. The van der Waals surface area contributed by atoms with Gasteiger partial charge in [-0.25, -0.2) is 14.4 Å². The summed E-state index contributed by atoms with van der Waals surface area (Å²) in [5, 5.41) is 10.7. The molecule has 12 heteroatoms. The van der Waals surface area contributed by atoms with Crippen LogP contribution in [0.15, 0.2) is 0 Å². The third kappa shape index (κ3) is 15.9. The van der Waals surface area contributed by atoms with Crippen LogP contribution in [0.5, 0.6) is 0 Å². The second-order valence-electron chi connectivity index (χ2n) is 13.2. The van der Waals surface area contributed by atoms with Gasteiger partial charge in [0.2, 0.25) is 0 Å². The summed E-state index contributed by atoms with van der Waals surface area (Å²) >= 11 is 3.33. The Morgan fingerprint density at radius 3 is 1.27 bits per heavy atom. The molecule has 0 aromatic carbocycles. The quantitative estimate of drug-likeness (QED) is 0.355. The molecule has 40 heavy (non-hydrogen) atoms. The molecule has 234 valence electrons. The molecule has 1 rings (SSSR count). The van der Waals surface area contributed by atoms with Crippen molar-refractivity contribution in [3.63, 3.8) is 0 Å². The Labute approximate surface area is 249 Å². The number of nitrogens with zero attached hydrogens (tertiary/aromatic N) is 4. The highest BCUT2D eigenvalue weighted by molar-refractivity contribution is 9.09. The first-order valence-corrected chi connectivity index (χ1v) is 15.3. The van der Waals surface area contributed by atoms with E-state index in [-0.39, 0.29) is 13.1 Å². The molecule has 0 aromatic heterocycles. The summed E-state index contributed by atoms with van der Waals surface area (Å²) in [6, 6.07) is 0. The number of β-amino-alcohol motifs (C(OH)–C–C–N with tert-alkyl or cyclic N) is 1. The molecule has 1 atom stereocenters. The fourth-order valence-corrected chi connectivity index (χ4v) is 4.15. The fraction of sp³-hybridized carbons (Fsp3) is 0.893. The molecular formula is C28H53BrN4O7. The van der Waals surface area contributed by atoms with Gasteiger partial charge < -0.3 is 34.0 Å². The number of carbonyl (C=O) groups excluding carboxylic acids is 3. The summed E-state index contributed by atoms with van der Waals surface area (Å²) in [6.07, 6.45) is -0.782. The highest BCUT2D eigenvalue weighted by Gasteiger charge is 2.28. The van der Waals surface area contributed by atoms with E-state index in [2.05, 4.69) is 20.8 Å². The minimum Gasteiger partial charge on any atom is -0.444 e. The zero-order valence-electron chi connectivity index (χ0n) is 26.1. The molecule has 0 saturated carbocycles. The molecule has 3 amide bonds. The molecule has 1 aliphatic rings. The third-order valence-corrected chi connectivity index (χ3v) is 6.43. The van der Waals surface area contributed by atoms with Crippen molar-refractivity contribution in [2.24, 2.45) is 0 Å². The minimum atomic E-state index is -0.674. The molecule has 0 aliphatic carbocycles. The lowest BCUT2D eigenvalue weighted by molar-refractivity contribution is 0.00972. The summed E-state index contributed by atoms with van der Waals surface area (Å²) in [6.45, 7) is 20.0. The zero-order chi connectivity index (χ0) is 30.7. The number of halogens is 1. The van der Waals surface area contributed by atoms with Crippen LogP contribution in [0.25, 0.3) is 0 Å². The van der Waals surface area contributed by atoms with Crippen molar-refractivity contribution < 1.29 is 33.7 Å². The van der Waals surface area contributed by atoms with Crippen molar-refractivity contribution in [3.05, 3.63) is 0 Å². The Kier molecular flexibility index (Phi) is 14.5. The maximum Gasteiger partial charge on any atom is 0.410 e. The Morgan fingerprint density at radius 2 is 0.950 bits per heavy atom. The lowest BCUT2D eigenvalue weighted by atomic mass is 10.2. The molecule has 11 nitrogen and oxygen atoms in total. The van der Waals surface area contributed by atoms with Gasteiger partial charge in [-0.2, -0.15) is 0 Å². The van der Waals surface area contributed by atoms with Gasteiger partial charge in [-0.1, -0.05) is 15.9 Å². The van der Waals surface area contributed by atoms with Gasteiger partial charge in [-0.3, -0.25) is 4.90 Å². The van der Waals surface area contributed by atoms with Gasteiger partial charge in [0.1, 0.15) is 16.8 Å². The Morgan fingerprint density at radius 1 is 0.625 bits per heavy atom. The van der Waals surface area contributed by atoms with Crippen molar-refractivity contribution in [2.45, 2.75) is 98.1 Å². The van der Waals surface area contributed by atoms with Crippen molar-refractivity contribution in [2.75, 3.05) is 64.2 Å². The smallest absolute Gasteiger partial charge is 0.410 e. The van der Waals surface area contributed by atoms with Crippen LogP contribution in [-0.2, 0) is 14.2 Å². The van der Waals surface area contributed by atoms with Crippen LogP contribution in [-0.4, -0.2) is 130 Å². The molecule has 1 aliphatic heterocycles. The lowest BCUT2D eigenvalue weighted by Crippen LogP contribution is -2.48. The number of ether oxygens (including phenoxy) is 3. The largest absolute Gasteiger partial charge is 0.444 e. The third-order valence-electron chi connectivity index (χ3n) is 5.69. The maximum atomic E-state index is 13.1. The van der Waals surface area contributed by atoms with Crippen LogP contribution in [0.2, 0.25) is 0 Å². The SMILES string of the molecule is CC(C)(C)OC(=O)N1CCCN(C(=O)OC(C)(C)C)CCN(C(=O)OC(C)(C)C)CCCN(CC(O)CBr)CC1. The van der Waals surface area contributed by atoms with Crippen LogP contribution in [0.3, 0.4) is 0 Å². The topological polar surface area (TPSA) is 112 Å². The van der Waals surface area contributed by atoms with E-state index in [4.69, 9.17) is 14.2 Å². The Hall–Kier alpha value is -1.79. The van der Waals surface area contributed by atoms with Gasteiger partial charge in [0.25, 0.3) is 0 Å². The molecule has 1 N–H and O–H groups in total. The number of hydrogen-bond donors (Lipinski definition) is 1. The molecule has 1 heterocycles. The van der Waals surface area contributed by atoms with Gasteiger partial charge in [0, 0.05) is 57.7 Å². The second kappa shape index (κ2) is 16.0. The molecule has 1 saturated heterocycles. The van der Waals surface area contributed by atoms with E-state index < -0.39 is 41.2 Å². The maximum absolute atomic E-state index is 13.1. The van der Waals surface area contributed by atoms with E-state index in [0.29, 0.717) is 64.0 Å². The normalized spacial score (nSPS) is 18.5. The van der Waals surface area contributed by atoms with E-state index in [1.807, 2.05) is 62.3 Å². The first-order chi connectivity index (χ1) is 18.3. The Balaban J connectivity index is 3.22. The molecule has 0 bridgehead atoms. The summed E-state index contributed by atoms with van der Waals surface area (Å²) in [4.78, 5) is 46.1. The summed E-state index contributed by atoms with van der Waals surface area (Å²) < 4.78 is 16.9. The number of rotatable bonds is 3. The highest BCUT2D eigenvalue weighted by Crippen LogP contribution is 2.15. The number of aliphatic hydroxyl groups excluding tert-OH is 1. The van der Waals surface area contributed by atoms with Crippen LogP contribution in [0, 0.1) is 0 Å². The van der Waals surface area contributed by atoms with E-state index in [0.717, 1.165) is 0 Å². The predicted octanol–water partition coefficient (Wildman–Crippen LogP) is 4.55. The average Bonchev–Trinajstić information content (AvgIpc) is 2.77. The van der Waals surface area contributed by atoms with E-state index in [1.165, 1.54) is 0 Å². The summed E-state index contributed by atoms with van der Waals surface area (Å²) in [5.74, 6) is 0. The standard InChI is InChI=1S/C28H53BrN4O7/c1-26(2,3)38-23(35)31-14-11-15-33(25(37)40-28(7,8)9)19-18-32(24(36)39-27(4,5)6)13-10-12-30(16-17-31)21-22(34)20-29/h22,34H,10-21H2,1-9H3. The first kappa shape index (κ1) is 36.2. The van der Waals surface area contributed by atoms with Crippen LogP contribution in [0.4, 0.5) is 14.4 Å². The van der Waals surface area contributed by atoms with E-state index in [9.17, 15) is 19.5 Å². The zero-order valence-corrected chi connectivity index (χ0v) is 27.7. The van der Waals surface area contributed by atoms with Crippen LogP contribution >= 0.6 is 15.9 Å². The van der Waals surface area contributed by atoms with E-state index >= 15 is 0 Å². The van der Waals surface area contributed by atoms with Gasteiger partial charge in [-0.05, 0) is 81.7 Å². The number of aliphatic hydroxyl groups is 1. The number of hydrogen-bond acceptors (Lipinski definition) is 8. The average molecular weight is 638 g/mol. The van der Waals surface area contributed by atoms with Crippen LogP contribution < -0.4 is 0 Å². The second-order valence-corrected chi connectivity index (χ2v) is 13.9. The molecular weight excluding hydrogens is 584 g/mol. The summed E-state index contributed by atoms with van der Waals surface area (Å²) in [7, 11) is 0. The number of amides is 3. The fourth-order valence-electron chi connectivity index (χ4n) is 3.94. The van der Waals surface area contributed by atoms with Crippen molar-refractivity contribution in [1.29, 1.82) is 0 Å². The first-order valence-electron chi connectivity index (χ1n) is 14.2. The van der Waals surface area contributed by atoms with Crippen molar-refractivity contribution in [3.8, 4) is 0 Å². The lowest BCUT2D eigenvalue weighted by Gasteiger charge is -2.34. The van der Waals surface area contributed by atoms with Crippen molar-refractivity contribution in [1.82, 2.24) is 19.6 Å². The minimum absolute atomic E-state index is 0.257. The summed E-state index contributed by atoms with van der Waals surface area (Å²) in [5.41, 5.74) is -1.97. The van der Waals surface area contributed by atoms with Gasteiger partial charge >= 0.3 is 18.3 Å². The number of carbonyl (C=O) groups is 3. The van der Waals surface area contributed by atoms with Crippen molar-refractivity contribution >= 4 is 34.2 Å². The van der Waals surface area contributed by atoms with E-state index in [1.54, 1.807) is 14.7 Å². The van der Waals surface area contributed by atoms with Gasteiger partial charge in [-0.15, -0.1) is 0 Å². The highest BCUT2D eigenvalue weighted by atomic mass is 79.9. The molecule has 0 spiro atoms. The van der Waals surface area contributed by atoms with Gasteiger partial charge in [0.15, 0.2) is 0 Å². The number of alkyl halides is 1. The monoisotopic (exact) mass is 636 g/mol. The van der Waals surface area contributed by atoms with Gasteiger partial charge in [0.05, 0.1) is 6.10 Å². The molecule has 0 radical (unpaired) electrons. The Bertz CT molecular complexity index is 808. The molecule has 1 unspecified atom stereocenters. The predicted molar refractivity (Wildman–Crippen MR) is 159 cm³/mol. The molecule has 0 aromatic rings. The van der Waals surface area contributed by atoms with Crippen LogP contribution in [0.1, 0.15) is 75.2 Å².